The van der Waals surface area contributed by atoms with Gasteiger partial charge in [0.05, 0.1) is 13.2 Å². The van der Waals surface area contributed by atoms with Gasteiger partial charge in [-0.3, -0.25) is 9.59 Å². The molecule has 1 aromatic carbocycles. The lowest BCUT2D eigenvalue weighted by Gasteiger charge is -2.27. The van der Waals surface area contributed by atoms with Gasteiger partial charge >= 0.3 is 0 Å². The first-order chi connectivity index (χ1) is 11.7. The second kappa shape index (κ2) is 11.8. The molecule has 0 unspecified atom stereocenters. The van der Waals surface area contributed by atoms with E-state index in [0.29, 0.717) is 45.9 Å². The third-order valence-corrected chi connectivity index (χ3v) is 4.12. The van der Waals surface area contributed by atoms with Crippen LogP contribution < -0.4 is 5.73 Å². The molecule has 2 rings (SSSR count). The van der Waals surface area contributed by atoms with E-state index in [0.717, 1.165) is 12.0 Å². The number of benzene rings is 1. The molecule has 1 aromatic rings. The lowest BCUT2D eigenvalue weighted by Crippen LogP contribution is -2.41. The van der Waals surface area contributed by atoms with Gasteiger partial charge in [0.25, 0.3) is 0 Å². The second-order valence-electron chi connectivity index (χ2n) is 5.94. The van der Waals surface area contributed by atoms with Crippen molar-refractivity contribution in [3.8, 4) is 0 Å². The van der Waals surface area contributed by atoms with Gasteiger partial charge in [0, 0.05) is 39.0 Å². The molecule has 2 amide bonds. The van der Waals surface area contributed by atoms with Crippen LogP contribution in [0.4, 0.5) is 0 Å². The summed E-state index contributed by atoms with van der Waals surface area (Å²) in [6, 6.07) is 9.88. The summed E-state index contributed by atoms with van der Waals surface area (Å²) in [7, 11) is 0. The van der Waals surface area contributed by atoms with Crippen LogP contribution in [0.5, 0.6) is 0 Å². The van der Waals surface area contributed by atoms with Crippen LogP contribution in [0.2, 0.25) is 0 Å². The Kier molecular flexibility index (Phi) is 10.1. The van der Waals surface area contributed by atoms with Crippen molar-refractivity contribution in [2.75, 3.05) is 39.4 Å². The van der Waals surface area contributed by atoms with Crippen molar-refractivity contribution < 1.29 is 14.3 Å². The summed E-state index contributed by atoms with van der Waals surface area (Å²) in [6.45, 7) is 4.13. The molecule has 25 heavy (non-hydrogen) atoms. The Morgan fingerprint density at radius 2 is 1.80 bits per heavy atom. The highest BCUT2D eigenvalue weighted by molar-refractivity contribution is 5.85. The summed E-state index contributed by atoms with van der Waals surface area (Å²) in [6.07, 6.45) is 1.26. The van der Waals surface area contributed by atoms with Crippen molar-refractivity contribution in [2.24, 2.45) is 5.73 Å². The summed E-state index contributed by atoms with van der Waals surface area (Å²) >= 11 is 0. The molecule has 2 N–H and O–H groups in total. The van der Waals surface area contributed by atoms with E-state index in [1.165, 1.54) is 0 Å². The minimum Gasteiger partial charge on any atom is -0.378 e. The normalized spacial score (nSPS) is 13.9. The van der Waals surface area contributed by atoms with Crippen LogP contribution in [0.25, 0.3) is 0 Å². The molecule has 1 fully saturated rings. The van der Waals surface area contributed by atoms with Crippen LogP contribution in [-0.4, -0.2) is 61.0 Å². The van der Waals surface area contributed by atoms with E-state index < -0.39 is 0 Å². The zero-order valence-electron chi connectivity index (χ0n) is 14.6. The van der Waals surface area contributed by atoms with Crippen molar-refractivity contribution in [1.29, 1.82) is 0 Å². The van der Waals surface area contributed by atoms with Crippen molar-refractivity contribution in [3.63, 3.8) is 0 Å². The number of carbonyl (C=O) groups excluding carboxylic acids is 2. The van der Waals surface area contributed by atoms with Crippen molar-refractivity contribution in [2.45, 2.75) is 25.8 Å². The maximum absolute atomic E-state index is 12.5. The van der Waals surface area contributed by atoms with Crippen molar-refractivity contribution in [3.05, 3.63) is 35.9 Å². The number of hydrogen-bond acceptors (Lipinski definition) is 4. The van der Waals surface area contributed by atoms with Crippen LogP contribution in [0.15, 0.2) is 30.3 Å². The predicted molar refractivity (Wildman–Crippen MR) is 99.4 cm³/mol. The van der Waals surface area contributed by atoms with Crippen LogP contribution >= 0.6 is 12.4 Å². The average Bonchev–Trinajstić information content (AvgIpc) is 2.64. The SMILES string of the molecule is Cl.NCCCN(Cc1ccccc1)C(=O)CCC(=O)N1CCOCC1. The molecule has 7 heteroatoms. The number of nitrogens with zero attached hydrogens (tertiary/aromatic N) is 2. The number of halogens is 1. The van der Waals surface area contributed by atoms with E-state index in [1.54, 1.807) is 9.80 Å². The Morgan fingerprint density at radius 3 is 2.44 bits per heavy atom. The highest BCUT2D eigenvalue weighted by atomic mass is 35.5. The summed E-state index contributed by atoms with van der Waals surface area (Å²) in [5.41, 5.74) is 6.66. The standard InChI is InChI=1S/C18H27N3O3.ClH/c19-9-4-10-21(15-16-5-2-1-3-6-16)18(23)8-7-17(22)20-11-13-24-14-12-20;/h1-3,5-6H,4,7-15,19H2;1H. The van der Waals surface area contributed by atoms with Gasteiger partial charge < -0.3 is 20.3 Å². The van der Waals surface area contributed by atoms with Gasteiger partial charge in [-0.15, -0.1) is 12.4 Å². The minimum atomic E-state index is 0. The van der Waals surface area contributed by atoms with Crippen LogP contribution in [-0.2, 0) is 20.9 Å². The summed E-state index contributed by atoms with van der Waals surface area (Å²) in [5.74, 6) is 0.0408. The van der Waals surface area contributed by atoms with E-state index in [9.17, 15) is 9.59 Å². The Balaban J connectivity index is 0.00000312. The van der Waals surface area contributed by atoms with Gasteiger partial charge in [-0.25, -0.2) is 0 Å². The van der Waals surface area contributed by atoms with Gasteiger partial charge in [-0.05, 0) is 18.5 Å². The first-order valence-electron chi connectivity index (χ1n) is 8.58. The first-order valence-corrected chi connectivity index (χ1v) is 8.58. The van der Waals surface area contributed by atoms with Gasteiger partial charge in [0.1, 0.15) is 0 Å². The fraction of sp³-hybridized carbons (Fsp3) is 0.556. The number of amides is 2. The highest BCUT2D eigenvalue weighted by Crippen LogP contribution is 2.09. The molecule has 0 bridgehead atoms. The molecular weight excluding hydrogens is 342 g/mol. The number of nitrogens with two attached hydrogens (primary N) is 1. The number of ether oxygens (including phenoxy) is 1. The molecule has 1 saturated heterocycles. The van der Waals surface area contributed by atoms with E-state index >= 15 is 0 Å². The molecular formula is C18H28ClN3O3. The van der Waals surface area contributed by atoms with E-state index in [-0.39, 0.29) is 37.1 Å². The Bertz CT molecular complexity index is 522. The predicted octanol–water partition coefficient (Wildman–Crippen LogP) is 1.42. The van der Waals surface area contributed by atoms with Crippen molar-refractivity contribution >= 4 is 24.2 Å². The third kappa shape index (κ3) is 7.42. The number of rotatable bonds is 8. The van der Waals surface area contributed by atoms with E-state index in [4.69, 9.17) is 10.5 Å². The molecule has 1 aliphatic rings. The number of carbonyl (C=O) groups is 2. The van der Waals surface area contributed by atoms with Crippen LogP contribution in [0.3, 0.4) is 0 Å². The van der Waals surface area contributed by atoms with Gasteiger partial charge in [-0.2, -0.15) is 0 Å². The van der Waals surface area contributed by atoms with Crippen LogP contribution in [0.1, 0.15) is 24.8 Å². The summed E-state index contributed by atoms with van der Waals surface area (Å²) < 4.78 is 5.24. The quantitative estimate of drug-likeness (QED) is 0.752. The number of morpholine rings is 1. The number of hydrogen-bond donors (Lipinski definition) is 1. The summed E-state index contributed by atoms with van der Waals surface area (Å²) in [5, 5.41) is 0. The van der Waals surface area contributed by atoms with Gasteiger partial charge in [0.2, 0.25) is 11.8 Å². The maximum atomic E-state index is 12.5. The molecule has 1 heterocycles. The fourth-order valence-electron chi connectivity index (χ4n) is 2.72. The third-order valence-electron chi connectivity index (χ3n) is 4.12. The topological polar surface area (TPSA) is 75.9 Å². The smallest absolute Gasteiger partial charge is 0.223 e. The molecule has 6 nitrogen and oxygen atoms in total. The molecule has 0 saturated carbocycles. The lowest BCUT2D eigenvalue weighted by molar-refractivity contribution is -0.139. The molecule has 0 radical (unpaired) electrons. The minimum absolute atomic E-state index is 0. The van der Waals surface area contributed by atoms with Gasteiger partial charge in [0.15, 0.2) is 0 Å². The lowest BCUT2D eigenvalue weighted by atomic mass is 10.1. The van der Waals surface area contributed by atoms with Crippen molar-refractivity contribution in [1.82, 2.24) is 9.80 Å². The molecule has 1 aliphatic heterocycles. The van der Waals surface area contributed by atoms with E-state index in [1.807, 2.05) is 30.3 Å². The highest BCUT2D eigenvalue weighted by Gasteiger charge is 2.20. The molecule has 0 atom stereocenters. The molecule has 140 valence electrons. The molecule has 0 aromatic heterocycles. The Labute approximate surface area is 155 Å². The Morgan fingerprint density at radius 1 is 1.12 bits per heavy atom. The molecule has 0 aliphatic carbocycles. The molecule has 0 spiro atoms. The van der Waals surface area contributed by atoms with E-state index in [2.05, 4.69) is 0 Å². The summed E-state index contributed by atoms with van der Waals surface area (Å²) in [4.78, 5) is 28.3. The maximum Gasteiger partial charge on any atom is 0.223 e. The monoisotopic (exact) mass is 369 g/mol. The van der Waals surface area contributed by atoms with Crippen LogP contribution in [0, 0.1) is 0 Å². The average molecular weight is 370 g/mol. The fourth-order valence-corrected chi connectivity index (χ4v) is 2.72. The zero-order valence-corrected chi connectivity index (χ0v) is 15.4. The Hall–Kier alpha value is -1.63. The second-order valence-corrected chi connectivity index (χ2v) is 5.94. The first kappa shape index (κ1) is 21.4. The largest absolute Gasteiger partial charge is 0.378 e. The van der Waals surface area contributed by atoms with Gasteiger partial charge in [-0.1, -0.05) is 30.3 Å². The zero-order chi connectivity index (χ0) is 17.2.